The molecule has 57 heavy (non-hydrogen) atoms. The van der Waals surface area contributed by atoms with E-state index in [9.17, 15) is 14.4 Å². The number of carbonyl (C=O) groups is 3. The fourth-order valence-corrected chi connectivity index (χ4v) is 5.99. The Labute approximate surface area is 350 Å². The molecule has 6 nitrogen and oxygen atoms in total. The minimum absolute atomic E-state index is 0.105. The molecule has 0 saturated heterocycles. The molecule has 0 N–H and O–H groups in total. The van der Waals surface area contributed by atoms with Crippen molar-refractivity contribution in [3.63, 3.8) is 0 Å². The first-order chi connectivity index (χ1) is 28.0. The van der Waals surface area contributed by atoms with Crippen LogP contribution in [0.2, 0.25) is 0 Å². The van der Waals surface area contributed by atoms with Crippen molar-refractivity contribution in [1.29, 1.82) is 0 Å². The van der Waals surface area contributed by atoms with Crippen LogP contribution in [0, 0.1) is 0 Å². The average Bonchev–Trinajstić information content (AvgIpc) is 3.21. The Bertz CT molecular complexity index is 1140. The van der Waals surface area contributed by atoms with Gasteiger partial charge in [0.2, 0.25) is 0 Å². The third-order valence-electron chi connectivity index (χ3n) is 9.43. The summed E-state index contributed by atoms with van der Waals surface area (Å²) in [6.45, 7) is 6.30. The highest BCUT2D eigenvalue weighted by atomic mass is 16.6. The van der Waals surface area contributed by atoms with E-state index in [1.807, 2.05) is 0 Å². The molecule has 0 aromatic carbocycles. The summed E-state index contributed by atoms with van der Waals surface area (Å²) in [7, 11) is 0. The summed E-state index contributed by atoms with van der Waals surface area (Å²) in [5.74, 6) is -0.984. The Morgan fingerprint density at radius 1 is 0.386 bits per heavy atom. The molecule has 324 valence electrons. The van der Waals surface area contributed by atoms with Crippen LogP contribution in [0.1, 0.15) is 201 Å². The molecule has 0 aliphatic carbocycles. The fraction of sp³-hybridized carbons (Fsp3) is 0.667. The quantitative estimate of drug-likeness (QED) is 0.0202. The van der Waals surface area contributed by atoms with Crippen molar-refractivity contribution in [3.8, 4) is 0 Å². The van der Waals surface area contributed by atoms with Gasteiger partial charge in [-0.3, -0.25) is 14.4 Å². The molecule has 0 aliphatic heterocycles. The largest absolute Gasteiger partial charge is 0.462 e. The summed E-state index contributed by atoms with van der Waals surface area (Å²) in [6.07, 6.45) is 57.2. The van der Waals surface area contributed by atoms with Crippen LogP contribution in [0.3, 0.4) is 0 Å². The fourth-order valence-electron chi connectivity index (χ4n) is 5.99. The molecular weight excluding hydrogens is 709 g/mol. The van der Waals surface area contributed by atoms with E-state index in [4.69, 9.17) is 14.2 Å². The van der Waals surface area contributed by atoms with E-state index in [2.05, 4.69) is 106 Å². The first kappa shape index (κ1) is 53.6. The molecule has 1 unspecified atom stereocenters. The Kier molecular flexibility index (Phi) is 42.6. The van der Waals surface area contributed by atoms with Gasteiger partial charge in [-0.1, -0.05) is 170 Å². The zero-order chi connectivity index (χ0) is 41.5. The number of allylic oxidation sites excluding steroid dienone is 14. The second kappa shape index (κ2) is 45.3. The van der Waals surface area contributed by atoms with Crippen molar-refractivity contribution < 1.29 is 28.6 Å². The van der Waals surface area contributed by atoms with Crippen molar-refractivity contribution in [2.24, 2.45) is 0 Å². The molecule has 0 amide bonds. The van der Waals surface area contributed by atoms with Crippen LogP contribution in [0.15, 0.2) is 85.1 Å². The Morgan fingerprint density at radius 2 is 0.754 bits per heavy atom. The predicted molar refractivity (Wildman–Crippen MR) is 242 cm³/mol. The summed E-state index contributed by atoms with van der Waals surface area (Å²) in [4.78, 5) is 37.7. The van der Waals surface area contributed by atoms with Gasteiger partial charge in [0.1, 0.15) is 13.2 Å². The lowest BCUT2D eigenvalue weighted by Gasteiger charge is -2.18. The van der Waals surface area contributed by atoms with Gasteiger partial charge in [0.05, 0.1) is 0 Å². The monoisotopic (exact) mass is 793 g/mol. The van der Waals surface area contributed by atoms with E-state index in [1.165, 1.54) is 32.1 Å². The molecule has 0 spiro atoms. The zero-order valence-electron chi connectivity index (χ0n) is 36.8. The molecule has 6 heteroatoms. The molecule has 1 atom stereocenters. The molecule has 0 aliphatic rings. The van der Waals surface area contributed by atoms with Gasteiger partial charge < -0.3 is 14.2 Å². The van der Waals surface area contributed by atoms with E-state index in [0.717, 1.165) is 128 Å². The molecule has 0 rings (SSSR count). The van der Waals surface area contributed by atoms with E-state index in [-0.39, 0.29) is 31.1 Å². The molecule has 0 heterocycles. The van der Waals surface area contributed by atoms with Crippen LogP contribution >= 0.6 is 0 Å². The van der Waals surface area contributed by atoms with Crippen molar-refractivity contribution in [2.45, 2.75) is 207 Å². The number of rotatable bonds is 40. The van der Waals surface area contributed by atoms with Gasteiger partial charge in [0, 0.05) is 19.3 Å². The molecule has 0 aromatic heterocycles. The number of hydrogen-bond donors (Lipinski definition) is 0. The van der Waals surface area contributed by atoms with Crippen molar-refractivity contribution in [2.75, 3.05) is 13.2 Å². The van der Waals surface area contributed by atoms with E-state index in [1.54, 1.807) is 0 Å². The first-order valence-corrected chi connectivity index (χ1v) is 23.1. The van der Waals surface area contributed by atoms with Gasteiger partial charge in [0.15, 0.2) is 6.10 Å². The van der Waals surface area contributed by atoms with Crippen LogP contribution in [0.4, 0.5) is 0 Å². The summed E-state index contributed by atoms with van der Waals surface area (Å²) >= 11 is 0. The standard InChI is InChI=1S/C51H84O6/c1-4-7-10-13-16-19-21-23-24-25-26-27-28-30-32-35-38-41-44-50(53)56-47-48(46-55-49(52)43-40-37-34-31-18-15-12-9-6-3)57-51(54)45-42-39-36-33-29-22-20-17-14-11-8-5-2/h8-9,11-12,17-18,20-21,23-27,31,48H,4-7,10,13-16,19,22,28-30,32-47H2,1-3H3/b11-8-,12-9-,20-17-,23-21-,25-24-,27-26-,31-18-. The normalized spacial score (nSPS) is 12.8. The van der Waals surface area contributed by atoms with Crippen LogP contribution in [-0.4, -0.2) is 37.2 Å². The summed E-state index contributed by atoms with van der Waals surface area (Å²) in [5.41, 5.74) is 0. The molecule has 0 saturated carbocycles. The minimum Gasteiger partial charge on any atom is -0.462 e. The average molecular weight is 793 g/mol. The van der Waals surface area contributed by atoms with Crippen LogP contribution in [0.5, 0.6) is 0 Å². The lowest BCUT2D eigenvalue weighted by atomic mass is 10.1. The van der Waals surface area contributed by atoms with E-state index >= 15 is 0 Å². The van der Waals surface area contributed by atoms with Gasteiger partial charge in [-0.25, -0.2) is 0 Å². The van der Waals surface area contributed by atoms with Crippen molar-refractivity contribution in [1.82, 2.24) is 0 Å². The second-order valence-electron chi connectivity index (χ2n) is 15.0. The van der Waals surface area contributed by atoms with Crippen LogP contribution < -0.4 is 0 Å². The number of unbranched alkanes of at least 4 members (excludes halogenated alkanes) is 17. The summed E-state index contributed by atoms with van der Waals surface area (Å²) < 4.78 is 16.6. The number of ether oxygens (including phenoxy) is 3. The van der Waals surface area contributed by atoms with Crippen molar-refractivity contribution >= 4 is 17.9 Å². The minimum atomic E-state index is -0.803. The molecule has 0 fully saturated rings. The highest BCUT2D eigenvalue weighted by molar-refractivity contribution is 5.71. The Morgan fingerprint density at radius 3 is 1.23 bits per heavy atom. The summed E-state index contributed by atoms with van der Waals surface area (Å²) in [6, 6.07) is 0. The highest BCUT2D eigenvalue weighted by Gasteiger charge is 2.19. The lowest BCUT2D eigenvalue weighted by Crippen LogP contribution is -2.30. The van der Waals surface area contributed by atoms with Crippen molar-refractivity contribution in [3.05, 3.63) is 85.1 Å². The van der Waals surface area contributed by atoms with Gasteiger partial charge in [-0.15, -0.1) is 0 Å². The molecule has 0 radical (unpaired) electrons. The Hall–Kier alpha value is -3.41. The SMILES string of the molecule is CC/C=C\C/C=C\CCCCCCCC(=O)OC(COC(=O)CCCC/C=C\C/C=C\CC)COC(=O)CCCCCCC\C=C/C=C\C=C/CCCCCCC. The zero-order valence-corrected chi connectivity index (χ0v) is 36.8. The maximum absolute atomic E-state index is 12.7. The highest BCUT2D eigenvalue weighted by Crippen LogP contribution is 2.12. The Balaban J connectivity index is 4.42. The number of esters is 3. The third-order valence-corrected chi connectivity index (χ3v) is 9.43. The number of carbonyl (C=O) groups excluding carboxylic acids is 3. The van der Waals surface area contributed by atoms with E-state index < -0.39 is 6.10 Å². The topological polar surface area (TPSA) is 78.9 Å². The summed E-state index contributed by atoms with van der Waals surface area (Å²) in [5, 5.41) is 0. The number of hydrogen-bond acceptors (Lipinski definition) is 6. The van der Waals surface area contributed by atoms with Crippen LogP contribution in [-0.2, 0) is 28.6 Å². The van der Waals surface area contributed by atoms with Crippen LogP contribution in [0.25, 0.3) is 0 Å². The van der Waals surface area contributed by atoms with Gasteiger partial charge in [0.25, 0.3) is 0 Å². The lowest BCUT2D eigenvalue weighted by molar-refractivity contribution is -0.167. The van der Waals surface area contributed by atoms with E-state index in [0.29, 0.717) is 19.3 Å². The van der Waals surface area contributed by atoms with Gasteiger partial charge in [-0.05, 0) is 96.3 Å². The van der Waals surface area contributed by atoms with Gasteiger partial charge in [-0.2, -0.15) is 0 Å². The maximum atomic E-state index is 12.7. The smallest absolute Gasteiger partial charge is 0.306 e. The predicted octanol–water partition coefficient (Wildman–Crippen LogP) is 14.9. The third kappa shape index (κ3) is 43.6. The molecule has 0 aromatic rings. The van der Waals surface area contributed by atoms with Gasteiger partial charge >= 0.3 is 17.9 Å². The molecule has 0 bridgehead atoms. The second-order valence-corrected chi connectivity index (χ2v) is 15.0. The first-order valence-electron chi connectivity index (χ1n) is 23.1. The maximum Gasteiger partial charge on any atom is 0.306 e. The molecular formula is C51H84O6.